The minimum absolute atomic E-state index is 0.625. The first-order valence-electron chi connectivity index (χ1n) is 5.97. The average molecular weight is 274 g/mol. The third-order valence-electron chi connectivity index (χ3n) is 2.99. The predicted molar refractivity (Wildman–Crippen MR) is 77.4 cm³/mol. The van der Waals surface area contributed by atoms with Crippen LogP contribution in [0.4, 0.5) is 0 Å². The Hall–Kier alpha value is -1.00. The lowest BCUT2D eigenvalue weighted by atomic mass is 10.0. The van der Waals surface area contributed by atoms with Gasteiger partial charge in [0.25, 0.3) is 0 Å². The first kappa shape index (κ1) is 12.1. The Morgan fingerprint density at radius 1 is 1.33 bits per heavy atom. The van der Waals surface area contributed by atoms with E-state index in [9.17, 15) is 0 Å². The van der Waals surface area contributed by atoms with Gasteiger partial charge < -0.3 is 0 Å². The second-order valence-corrected chi connectivity index (χ2v) is 6.39. The van der Waals surface area contributed by atoms with E-state index >= 15 is 0 Å². The van der Waals surface area contributed by atoms with Crippen molar-refractivity contribution >= 4 is 23.5 Å². The van der Waals surface area contributed by atoms with Crippen molar-refractivity contribution in [3.05, 3.63) is 47.8 Å². The molecule has 0 radical (unpaired) electrons. The van der Waals surface area contributed by atoms with Crippen LogP contribution in [0.25, 0.3) is 0 Å². The van der Waals surface area contributed by atoms with Gasteiger partial charge in [-0.3, -0.25) is 0 Å². The molecular weight excluding hydrogens is 260 g/mol. The minimum Gasteiger partial charge on any atom is -0.231 e. The number of hydrogen-bond donors (Lipinski definition) is 0. The average Bonchev–Trinajstić information content (AvgIpc) is 2.80. The van der Waals surface area contributed by atoms with Crippen molar-refractivity contribution in [2.75, 3.05) is 11.5 Å². The van der Waals surface area contributed by atoms with Crippen LogP contribution in [0.3, 0.4) is 0 Å². The molecule has 2 aromatic rings. The highest BCUT2D eigenvalue weighted by Gasteiger charge is 2.22. The molecule has 0 spiro atoms. The Morgan fingerprint density at radius 3 is 3.11 bits per heavy atom. The number of aromatic nitrogens is 2. The molecule has 1 aliphatic rings. The van der Waals surface area contributed by atoms with Crippen LogP contribution < -0.4 is 0 Å². The van der Waals surface area contributed by atoms with Gasteiger partial charge in [0.05, 0.1) is 0 Å². The molecule has 3 rings (SSSR count). The maximum atomic E-state index is 4.44. The lowest BCUT2D eigenvalue weighted by Gasteiger charge is -2.09. The van der Waals surface area contributed by atoms with Crippen LogP contribution in [-0.2, 0) is 0 Å². The second kappa shape index (κ2) is 5.33. The molecule has 92 valence electrons. The third kappa shape index (κ3) is 2.54. The molecule has 2 nitrogen and oxygen atoms in total. The van der Waals surface area contributed by atoms with E-state index in [1.807, 2.05) is 30.9 Å². The number of hydrogen-bond acceptors (Lipinski definition) is 4. The normalized spacial score (nSPS) is 17.7. The maximum Gasteiger partial charge on any atom is 0.187 e. The Bertz CT molecular complexity index is 557. The monoisotopic (exact) mass is 274 g/mol. The molecule has 0 saturated carbocycles. The number of benzene rings is 1. The Morgan fingerprint density at radius 2 is 2.22 bits per heavy atom. The summed E-state index contributed by atoms with van der Waals surface area (Å²) in [6.07, 6.45) is 1.84. The van der Waals surface area contributed by atoms with Gasteiger partial charge in [-0.25, -0.2) is 9.97 Å². The number of thioether (sulfide) groups is 2. The summed E-state index contributed by atoms with van der Waals surface area (Å²) in [7, 11) is 0. The summed E-state index contributed by atoms with van der Waals surface area (Å²) in [5.41, 5.74) is 2.52. The largest absolute Gasteiger partial charge is 0.231 e. The van der Waals surface area contributed by atoms with Gasteiger partial charge in [0.1, 0.15) is 0 Å². The molecule has 0 saturated heterocycles. The molecule has 1 unspecified atom stereocenters. The van der Waals surface area contributed by atoms with Crippen molar-refractivity contribution < 1.29 is 0 Å². The Kier molecular flexibility index (Phi) is 3.57. The Labute approximate surface area is 116 Å². The fraction of sp³-hybridized carbons (Fsp3) is 0.286. The summed E-state index contributed by atoms with van der Waals surface area (Å²) >= 11 is 3.72. The standard InChI is InChI=1S/C14H14N2S2/c1-10-6-7-15-14(16-10)18-9-11-8-17-13-5-3-2-4-12(11)13/h2-7,11H,8-9H2,1H3. The fourth-order valence-electron chi connectivity index (χ4n) is 2.04. The van der Waals surface area contributed by atoms with Gasteiger partial charge >= 0.3 is 0 Å². The van der Waals surface area contributed by atoms with E-state index in [0.717, 1.165) is 16.6 Å². The van der Waals surface area contributed by atoms with Crippen LogP contribution >= 0.6 is 23.5 Å². The first-order chi connectivity index (χ1) is 8.83. The molecule has 1 aromatic heterocycles. The second-order valence-electron chi connectivity index (χ2n) is 4.34. The lowest BCUT2D eigenvalue weighted by Crippen LogP contribution is -2.01. The maximum absolute atomic E-state index is 4.44. The third-order valence-corrected chi connectivity index (χ3v) is 5.26. The van der Waals surface area contributed by atoms with Gasteiger partial charge in [0.2, 0.25) is 0 Å². The van der Waals surface area contributed by atoms with Crippen LogP contribution in [0, 0.1) is 6.92 Å². The van der Waals surface area contributed by atoms with Crippen LogP contribution in [-0.4, -0.2) is 21.5 Å². The van der Waals surface area contributed by atoms with Crippen LogP contribution in [0.1, 0.15) is 17.2 Å². The summed E-state index contributed by atoms with van der Waals surface area (Å²) in [5.74, 6) is 2.87. The molecule has 0 amide bonds. The first-order valence-corrected chi connectivity index (χ1v) is 7.94. The summed E-state index contributed by atoms with van der Waals surface area (Å²) in [6.45, 7) is 2.01. The van der Waals surface area contributed by atoms with Gasteiger partial charge in [-0.2, -0.15) is 0 Å². The van der Waals surface area contributed by atoms with E-state index in [0.29, 0.717) is 5.92 Å². The molecule has 4 heteroatoms. The van der Waals surface area contributed by atoms with Gasteiger partial charge in [0.15, 0.2) is 5.16 Å². The van der Waals surface area contributed by atoms with Crippen molar-refractivity contribution in [1.82, 2.24) is 9.97 Å². The van der Waals surface area contributed by atoms with Crippen LogP contribution in [0.5, 0.6) is 0 Å². The molecule has 0 bridgehead atoms. The van der Waals surface area contributed by atoms with Gasteiger partial charge in [0, 0.05) is 34.2 Å². The van der Waals surface area contributed by atoms with E-state index in [1.54, 1.807) is 11.8 Å². The molecule has 1 atom stereocenters. The fourth-order valence-corrected chi connectivity index (χ4v) is 4.43. The topological polar surface area (TPSA) is 25.8 Å². The van der Waals surface area contributed by atoms with E-state index in [2.05, 4.69) is 34.2 Å². The SMILES string of the molecule is Cc1ccnc(SCC2CSc3ccccc32)n1. The predicted octanol–water partition coefficient (Wildman–Crippen LogP) is 3.77. The van der Waals surface area contributed by atoms with E-state index in [4.69, 9.17) is 0 Å². The van der Waals surface area contributed by atoms with Gasteiger partial charge in [-0.1, -0.05) is 30.0 Å². The van der Waals surface area contributed by atoms with E-state index < -0.39 is 0 Å². The van der Waals surface area contributed by atoms with E-state index in [1.165, 1.54) is 16.2 Å². The van der Waals surface area contributed by atoms with Crippen LogP contribution in [0.15, 0.2) is 46.6 Å². The zero-order chi connectivity index (χ0) is 12.4. The van der Waals surface area contributed by atoms with Crippen LogP contribution in [0.2, 0.25) is 0 Å². The highest BCUT2D eigenvalue weighted by Crippen LogP contribution is 2.41. The lowest BCUT2D eigenvalue weighted by molar-refractivity contribution is 0.880. The molecule has 1 aliphatic heterocycles. The number of nitrogens with zero attached hydrogens (tertiary/aromatic N) is 2. The molecule has 0 fully saturated rings. The van der Waals surface area contributed by atoms with Crippen molar-refractivity contribution in [1.29, 1.82) is 0 Å². The summed E-state index contributed by atoms with van der Waals surface area (Å²) < 4.78 is 0. The van der Waals surface area contributed by atoms with E-state index in [-0.39, 0.29) is 0 Å². The molecule has 0 aliphatic carbocycles. The number of aryl methyl sites for hydroxylation is 1. The summed E-state index contributed by atoms with van der Waals surface area (Å²) in [4.78, 5) is 10.2. The smallest absolute Gasteiger partial charge is 0.187 e. The molecule has 18 heavy (non-hydrogen) atoms. The quantitative estimate of drug-likeness (QED) is 0.628. The zero-order valence-electron chi connectivity index (χ0n) is 10.2. The number of fused-ring (bicyclic) bond motifs is 1. The molecule has 1 aromatic carbocycles. The zero-order valence-corrected chi connectivity index (χ0v) is 11.8. The van der Waals surface area contributed by atoms with Crippen molar-refractivity contribution in [2.45, 2.75) is 22.9 Å². The van der Waals surface area contributed by atoms with Crippen molar-refractivity contribution in [2.24, 2.45) is 0 Å². The van der Waals surface area contributed by atoms with Crippen molar-refractivity contribution in [3.63, 3.8) is 0 Å². The minimum atomic E-state index is 0.625. The summed E-state index contributed by atoms with van der Waals surface area (Å²) in [6, 6.07) is 10.6. The molecule has 0 N–H and O–H groups in total. The van der Waals surface area contributed by atoms with Crippen molar-refractivity contribution in [3.8, 4) is 0 Å². The highest BCUT2D eigenvalue weighted by molar-refractivity contribution is 8.00. The van der Waals surface area contributed by atoms with Gasteiger partial charge in [-0.05, 0) is 24.6 Å². The molecular formula is C14H14N2S2. The summed E-state index contributed by atoms with van der Waals surface area (Å²) in [5, 5.41) is 0.893. The van der Waals surface area contributed by atoms with Gasteiger partial charge in [-0.15, -0.1) is 11.8 Å². The number of rotatable bonds is 3. The highest BCUT2D eigenvalue weighted by atomic mass is 32.2. The molecule has 2 heterocycles. The Balaban J connectivity index is 1.69.